The summed E-state index contributed by atoms with van der Waals surface area (Å²) in [6.45, 7) is 4.21. The van der Waals surface area contributed by atoms with E-state index in [0.717, 1.165) is 64.2 Å². The molecule has 0 saturated heterocycles. The second kappa shape index (κ2) is 73.0. The number of hydrogen-bond donors (Lipinski definition) is 0. The first-order valence-electron chi connectivity index (χ1n) is 40.0. The summed E-state index contributed by atoms with van der Waals surface area (Å²) < 4.78 is 34.4. The average Bonchev–Trinajstić information content (AvgIpc) is 2.14. The zero-order chi connectivity index (χ0) is 66.9. The van der Waals surface area contributed by atoms with E-state index in [1.807, 2.05) is 21.1 Å². The Balaban J connectivity index is 3.90. The molecule has 0 rings (SSSR count). The predicted molar refractivity (Wildman–Crippen MR) is 397 cm³/mol. The van der Waals surface area contributed by atoms with E-state index in [2.05, 4.69) is 74.6 Å². The van der Waals surface area contributed by atoms with Crippen molar-refractivity contribution in [3.63, 3.8) is 0 Å². The van der Waals surface area contributed by atoms with Gasteiger partial charge in [0.25, 0.3) is 7.82 Å². The molecule has 10 heteroatoms. The maximum Gasteiger partial charge on any atom is 0.306 e. The number of unbranched alkanes of at least 4 members (excludes halogenated alkanes) is 51. The summed E-state index contributed by atoms with van der Waals surface area (Å²) in [5.74, 6) is -0.808. The molecule has 0 fully saturated rings. The molecule has 540 valence electrons. The molecule has 9 nitrogen and oxygen atoms in total. The topological polar surface area (TPSA) is 111 Å². The highest BCUT2D eigenvalue weighted by atomic mass is 31.2. The van der Waals surface area contributed by atoms with E-state index in [0.29, 0.717) is 17.4 Å². The van der Waals surface area contributed by atoms with Crippen molar-refractivity contribution in [1.82, 2.24) is 0 Å². The summed E-state index contributed by atoms with van der Waals surface area (Å²) in [6, 6.07) is 0. The van der Waals surface area contributed by atoms with Crippen LogP contribution in [0.1, 0.15) is 399 Å². The van der Waals surface area contributed by atoms with Gasteiger partial charge >= 0.3 is 11.9 Å². The molecular weight excluding hydrogens is 1160 g/mol. The van der Waals surface area contributed by atoms with Crippen LogP contribution in [0.2, 0.25) is 0 Å². The Morgan fingerprint density at radius 3 is 0.924 bits per heavy atom. The first-order chi connectivity index (χ1) is 45.0. The van der Waals surface area contributed by atoms with Gasteiger partial charge in [0.1, 0.15) is 19.8 Å². The number of quaternary nitrogens is 1. The minimum atomic E-state index is -4.64. The fourth-order valence-electron chi connectivity index (χ4n) is 12.0. The molecule has 0 aliphatic rings. The Kier molecular flexibility index (Phi) is 71.2. The van der Waals surface area contributed by atoms with Gasteiger partial charge in [-0.2, -0.15) is 0 Å². The Hall–Kier alpha value is -2.29. The Bertz CT molecular complexity index is 1740. The largest absolute Gasteiger partial charge is 0.756 e. The van der Waals surface area contributed by atoms with Gasteiger partial charge in [0.2, 0.25) is 0 Å². The number of rotatable bonds is 75. The van der Waals surface area contributed by atoms with Crippen LogP contribution in [-0.4, -0.2) is 70.0 Å². The zero-order valence-electron chi connectivity index (χ0n) is 61.8. The molecule has 0 saturated carbocycles. The van der Waals surface area contributed by atoms with E-state index >= 15 is 0 Å². The third kappa shape index (κ3) is 76.7. The second-order valence-corrected chi connectivity index (χ2v) is 29.8. The maximum atomic E-state index is 12.9. The van der Waals surface area contributed by atoms with E-state index in [4.69, 9.17) is 18.5 Å². The van der Waals surface area contributed by atoms with E-state index in [1.54, 1.807) is 0 Å². The van der Waals surface area contributed by atoms with Crippen molar-refractivity contribution in [2.75, 3.05) is 47.5 Å². The lowest BCUT2D eigenvalue weighted by atomic mass is 10.0. The number of phosphoric ester groups is 1. The summed E-state index contributed by atoms with van der Waals surface area (Å²) >= 11 is 0. The lowest BCUT2D eigenvalue weighted by Gasteiger charge is -2.28. The fourth-order valence-corrected chi connectivity index (χ4v) is 12.7. The molecule has 0 aliphatic carbocycles. The van der Waals surface area contributed by atoms with Gasteiger partial charge in [-0.3, -0.25) is 14.2 Å². The van der Waals surface area contributed by atoms with E-state index in [1.165, 1.54) is 302 Å². The number of phosphoric acid groups is 1. The van der Waals surface area contributed by atoms with Crippen molar-refractivity contribution in [3.05, 3.63) is 60.8 Å². The van der Waals surface area contributed by atoms with Crippen LogP contribution in [0.4, 0.5) is 0 Å². The van der Waals surface area contributed by atoms with Crippen molar-refractivity contribution in [1.29, 1.82) is 0 Å². The Morgan fingerprint density at radius 2 is 0.620 bits per heavy atom. The number of carbonyl (C=O) groups is 2. The third-order valence-corrected chi connectivity index (χ3v) is 19.0. The van der Waals surface area contributed by atoms with Crippen LogP contribution in [0, 0.1) is 0 Å². The fraction of sp³-hybridized carbons (Fsp3) is 0.854. The maximum absolute atomic E-state index is 12.9. The quantitative estimate of drug-likeness (QED) is 0.0195. The normalized spacial score (nSPS) is 13.3. The van der Waals surface area contributed by atoms with Gasteiger partial charge in [-0.1, -0.05) is 389 Å². The van der Waals surface area contributed by atoms with E-state index < -0.39 is 26.5 Å². The van der Waals surface area contributed by atoms with E-state index in [-0.39, 0.29) is 32.0 Å². The lowest BCUT2D eigenvalue weighted by molar-refractivity contribution is -0.870. The molecule has 92 heavy (non-hydrogen) atoms. The molecule has 0 radical (unpaired) electrons. The summed E-state index contributed by atoms with van der Waals surface area (Å²) in [6.07, 6.45) is 97.8. The van der Waals surface area contributed by atoms with Crippen molar-refractivity contribution < 1.29 is 42.1 Å². The van der Waals surface area contributed by atoms with Crippen molar-refractivity contribution in [3.8, 4) is 0 Å². The molecule has 0 N–H and O–H groups in total. The van der Waals surface area contributed by atoms with Gasteiger partial charge in [0, 0.05) is 12.8 Å². The lowest BCUT2D eigenvalue weighted by Crippen LogP contribution is -2.37. The molecule has 0 bridgehead atoms. The number of hydrogen-bond acceptors (Lipinski definition) is 8. The zero-order valence-corrected chi connectivity index (χ0v) is 62.7. The number of nitrogens with zero attached hydrogens (tertiary/aromatic N) is 1. The highest BCUT2D eigenvalue weighted by Crippen LogP contribution is 2.38. The Labute approximate surface area is 572 Å². The van der Waals surface area contributed by atoms with Crippen LogP contribution >= 0.6 is 7.82 Å². The van der Waals surface area contributed by atoms with Gasteiger partial charge in [-0.05, 0) is 57.8 Å². The molecule has 0 aliphatic heterocycles. The number of allylic oxidation sites excluding steroid dienone is 10. The molecule has 0 aromatic rings. The molecule has 0 spiro atoms. The van der Waals surface area contributed by atoms with Gasteiger partial charge in [0.05, 0.1) is 27.7 Å². The van der Waals surface area contributed by atoms with Gasteiger partial charge < -0.3 is 27.9 Å². The van der Waals surface area contributed by atoms with Crippen molar-refractivity contribution in [2.45, 2.75) is 405 Å². The summed E-state index contributed by atoms with van der Waals surface area (Å²) in [5, 5.41) is 0. The second-order valence-electron chi connectivity index (χ2n) is 28.4. The smallest absolute Gasteiger partial charge is 0.306 e. The highest BCUT2D eigenvalue weighted by molar-refractivity contribution is 7.45. The number of esters is 2. The van der Waals surface area contributed by atoms with Crippen LogP contribution in [0.3, 0.4) is 0 Å². The third-order valence-electron chi connectivity index (χ3n) is 18.1. The first kappa shape index (κ1) is 89.7. The number of ether oxygens (including phenoxy) is 2. The number of likely N-dealkylation sites (N-methyl/N-ethyl adjacent to an activating group) is 1. The predicted octanol–water partition coefficient (Wildman–Crippen LogP) is 25.9. The SMILES string of the molecule is CC/C=C\C/C=C\C/C=C\C/C=C\C/C=C\CCCCCCCCCCCCCCCCCCCCCCCCCC(=O)OC(COC(=O)CCCCCCCCCCCCCCCCCCCCCCCCCCCCCCC)COP(=O)([O-])OCC[N+](C)(C)C. The standard InChI is InChI=1S/C82H154NO8P/c1-6-8-10-12-14-16-18-20-22-24-26-28-30-32-34-36-37-38-39-40-41-42-43-44-45-47-49-51-53-55-57-59-61-63-65-67-69-71-73-75-82(85)91-80(79-90-92(86,87)89-77-76-83(3,4)5)78-88-81(84)74-72-70-68-66-64-62-60-58-56-54-52-50-48-46-35-33-31-29-27-25-23-21-19-17-15-13-11-9-7-2/h8,10,14,16,20,22,26,28,32,34,80H,6-7,9,11-13,15,17-19,21,23-25,27,29-31,33,35-79H2,1-5H3/b10-8-,16-14-,22-20-,28-26-,34-32-. The monoisotopic (exact) mass is 1310 g/mol. The van der Waals surface area contributed by atoms with Crippen molar-refractivity contribution in [2.24, 2.45) is 0 Å². The molecule has 0 aromatic heterocycles. The summed E-state index contributed by atoms with van der Waals surface area (Å²) in [4.78, 5) is 38.2. The first-order valence-corrected chi connectivity index (χ1v) is 41.5. The molecule has 0 amide bonds. The van der Waals surface area contributed by atoms with Gasteiger partial charge in [-0.25, -0.2) is 0 Å². The van der Waals surface area contributed by atoms with Crippen molar-refractivity contribution >= 4 is 19.8 Å². The molecule has 2 unspecified atom stereocenters. The van der Waals surface area contributed by atoms with Crippen LogP contribution in [0.25, 0.3) is 0 Å². The summed E-state index contributed by atoms with van der Waals surface area (Å²) in [5.41, 5.74) is 0. The molecule has 0 heterocycles. The van der Waals surface area contributed by atoms with Gasteiger partial charge in [-0.15, -0.1) is 0 Å². The minimum Gasteiger partial charge on any atom is -0.756 e. The average molecular weight is 1310 g/mol. The van der Waals surface area contributed by atoms with Crippen LogP contribution < -0.4 is 4.89 Å². The van der Waals surface area contributed by atoms with Crippen LogP contribution in [0.15, 0.2) is 60.8 Å². The molecule has 2 atom stereocenters. The molecular formula is C82H154NO8P. The minimum absolute atomic E-state index is 0.0278. The highest BCUT2D eigenvalue weighted by Gasteiger charge is 2.22. The van der Waals surface area contributed by atoms with Crippen LogP contribution in [-0.2, 0) is 32.7 Å². The Morgan fingerprint density at radius 1 is 0.348 bits per heavy atom. The summed E-state index contributed by atoms with van der Waals surface area (Å²) in [7, 11) is 1.19. The van der Waals surface area contributed by atoms with E-state index in [9.17, 15) is 19.0 Å². The van der Waals surface area contributed by atoms with Gasteiger partial charge in [0.15, 0.2) is 6.10 Å². The molecule has 0 aromatic carbocycles. The van der Waals surface area contributed by atoms with Crippen LogP contribution in [0.5, 0.6) is 0 Å². The number of carbonyl (C=O) groups excluding carboxylic acids is 2.